The number of rotatable bonds is 7. The highest BCUT2D eigenvalue weighted by Gasteiger charge is 2.31. The molecule has 150 valence electrons. The highest BCUT2D eigenvalue weighted by molar-refractivity contribution is 5.78. The third-order valence-corrected chi connectivity index (χ3v) is 5.61. The molecule has 0 spiro atoms. The van der Waals surface area contributed by atoms with Gasteiger partial charge in [0.1, 0.15) is 0 Å². The molecule has 0 saturated heterocycles. The second-order valence-corrected chi connectivity index (χ2v) is 8.32. The summed E-state index contributed by atoms with van der Waals surface area (Å²) in [5.74, 6) is 1.83. The molecule has 5 nitrogen and oxygen atoms in total. The molecular weight excluding hydrogens is 338 g/mol. The highest BCUT2D eigenvalue weighted by Crippen LogP contribution is 2.33. The lowest BCUT2D eigenvalue weighted by Gasteiger charge is -2.37. The Morgan fingerprint density at radius 2 is 1.89 bits per heavy atom. The van der Waals surface area contributed by atoms with Crippen LogP contribution in [0.4, 0.5) is 4.79 Å². The second-order valence-electron chi connectivity index (χ2n) is 8.32. The van der Waals surface area contributed by atoms with Crippen molar-refractivity contribution in [3.63, 3.8) is 0 Å². The monoisotopic (exact) mass is 373 g/mol. The molecule has 2 rings (SSSR count). The fourth-order valence-electron chi connectivity index (χ4n) is 3.99. The molecule has 1 aliphatic carbocycles. The maximum Gasteiger partial charge on any atom is 0.317 e. The van der Waals surface area contributed by atoms with E-state index in [9.17, 15) is 9.59 Å². The normalized spacial score (nSPS) is 22.3. The minimum absolute atomic E-state index is 0.0331. The highest BCUT2D eigenvalue weighted by atomic mass is 16.2. The first-order valence-corrected chi connectivity index (χ1v) is 10.2. The van der Waals surface area contributed by atoms with Crippen molar-refractivity contribution >= 4 is 11.9 Å². The molecule has 0 bridgehead atoms. The van der Waals surface area contributed by atoms with Gasteiger partial charge in [0.2, 0.25) is 5.91 Å². The Bertz CT molecular complexity index is 603. The quantitative estimate of drug-likeness (QED) is 0.764. The van der Waals surface area contributed by atoms with Crippen molar-refractivity contribution in [2.75, 3.05) is 13.6 Å². The van der Waals surface area contributed by atoms with Crippen LogP contribution in [0.15, 0.2) is 30.3 Å². The van der Waals surface area contributed by atoms with E-state index in [0.717, 1.165) is 12.0 Å². The van der Waals surface area contributed by atoms with Gasteiger partial charge < -0.3 is 15.5 Å². The zero-order valence-electron chi connectivity index (χ0n) is 17.2. The third kappa shape index (κ3) is 6.89. The maximum atomic E-state index is 12.4. The van der Waals surface area contributed by atoms with Crippen LogP contribution in [0.3, 0.4) is 0 Å². The first-order valence-electron chi connectivity index (χ1n) is 10.2. The number of amides is 3. The van der Waals surface area contributed by atoms with E-state index in [4.69, 9.17) is 0 Å². The molecule has 3 amide bonds. The molecule has 0 heterocycles. The Morgan fingerprint density at radius 1 is 1.19 bits per heavy atom. The number of benzene rings is 1. The van der Waals surface area contributed by atoms with Gasteiger partial charge in [0.25, 0.3) is 0 Å². The van der Waals surface area contributed by atoms with Crippen LogP contribution in [0.1, 0.15) is 52.0 Å². The van der Waals surface area contributed by atoms with Crippen molar-refractivity contribution in [2.45, 2.75) is 59.0 Å². The predicted octanol–water partition coefficient (Wildman–Crippen LogP) is 3.80. The van der Waals surface area contributed by atoms with E-state index in [-0.39, 0.29) is 18.0 Å². The minimum atomic E-state index is -0.155. The summed E-state index contributed by atoms with van der Waals surface area (Å²) in [5, 5.41) is 6.06. The lowest BCUT2D eigenvalue weighted by atomic mass is 9.74. The molecule has 27 heavy (non-hydrogen) atoms. The average Bonchev–Trinajstić information content (AvgIpc) is 2.62. The van der Waals surface area contributed by atoms with Crippen molar-refractivity contribution in [3.8, 4) is 0 Å². The van der Waals surface area contributed by atoms with E-state index in [1.165, 1.54) is 12.8 Å². The molecule has 1 aromatic rings. The fourth-order valence-corrected chi connectivity index (χ4v) is 3.99. The smallest absolute Gasteiger partial charge is 0.317 e. The molecule has 1 fully saturated rings. The van der Waals surface area contributed by atoms with E-state index in [0.29, 0.717) is 37.3 Å². The number of hydrogen-bond acceptors (Lipinski definition) is 2. The SMILES string of the molecule is CC1CCC(C(C)C)C(NC(=O)CCNC(=O)N(C)Cc2ccccc2)C1. The van der Waals surface area contributed by atoms with Crippen molar-refractivity contribution in [1.29, 1.82) is 0 Å². The molecule has 0 aromatic heterocycles. The van der Waals surface area contributed by atoms with E-state index in [1.54, 1.807) is 11.9 Å². The van der Waals surface area contributed by atoms with Gasteiger partial charge in [-0.3, -0.25) is 4.79 Å². The maximum absolute atomic E-state index is 12.4. The van der Waals surface area contributed by atoms with Crippen molar-refractivity contribution in [1.82, 2.24) is 15.5 Å². The van der Waals surface area contributed by atoms with Crippen LogP contribution in [0.5, 0.6) is 0 Å². The van der Waals surface area contributed by atoms with Crippen molar-refractivity contribution < 1.29 is 9.59 Å². The molecule has 5 heteroatoms. The molecule has 1 aliphatic rings. The summed E-state index contributed by atoms with van der Waals surface area (Å²) in [6.45, 7) is 7.65. The Morgan fingerprint density at radius 3 is 2.56 bits per heavy atom. The minimum Gasteiger partial charge on any atom is -0.353 e. The van der Waals surface area contributed by atoms with Gasteiger partial charge in [-0.05, 0) is 36.2 Å². The number of urea groups is 1. The number of carbonyl (C=O) groups is 2. The summed E-state index contributed by atoms with van der Waals surface area (Å²) < 4.78 is 0. The van der Waals surface area contributed by atoms with Gasteiger partial charge in [-0.15, -0.1) is 0 Å². The molecule has 1 aromatic carbocycles. The number of nitrogens with zero attached hydrogens (tertiary/aromatic N) is 1. The first-order chi connectivity index (χ1) is 12.9. The summed E-state index contributed by atoms with van der Waals surface area (Å²) in [6, 6.07) is 9.97. The number of nitrogens with one attached hydrogen (secondary N) is 2. The van der Waals surface area contributed by atoms with Gasteiger partial charge in [-0.2, -0.15) is 0 Å². The van der Waals surface area contributed by atoms with Crippen molar-refractivity contribution in [3.05, 3.63) is 35.9 Å². The molecule has 0 aliphatic heterocycles. The largest absolute Gasteiger partial charge is 0.353 e. The summed E-state index contributed by atoms with van der Waals surface area (Å²) in [5.41, 5.74) is 1.08. The van der Waals surface area contributed by atoms with E-state index in [1.807, 2.05) is 30.3 Å². The van der Waals surface area contributed by atoms with Crippen LogP contribution in [0, 0.1) is 17.8 Å². The van der Waals surface area contributed by atoms with Gasteiger partial charge in [-0.1, -0.05) is 57.5 Å². The summed E-state index contributed by atoms with van der Waals surface area (Å²) in [6.07, 6.45) is 3.81. The Kier molecular flexibility index (Phi) is 8.14. The van der Waals surface area contributed by atoms with E-state index in [2.05, 4.69) is 31.4 Å². The van der Waals surface area contributed by atoms with Crippen LogP contribution in [0.2, 0.25) is 0 Å². The summed E-state index contributed by atoms with van der Waals surface area (Å²) in [4.78, 5) is 26.2. The van der Waals surface area contributed by atoms with Crippen LogP contribution < -0.4 is 10.6 Å². The third-order valence-electron chi connectivity index (χ3n) is 5.61. The lowest BCUT2D eigenvalue weighted by molar-refractivity contribution is -0.122. The Balaban J connectivity index is 1.72. The zero-order chi connectivity index (χ0) is 19.8. The molecule has 2 N–H and O–H groups in total. The lowest BCUT2D eigenvalue weighted by Crippen LogP contribution is -2.46. The van der Waals surface area contributed by atoms with Crippen LogP contribution >= 0.6 is 0 Å². The van der Waals surface area contributed by atoms with Gasteiger partial charge in [0.05, 0.1) is 0 Å². The van der Waals surface area contributed by atoms with Gasteiger partial charge in [0, 0.05) is 32.6 Å². The van der Waals surface area contributed by atoms with Gasteiger partial charge in [0.15, 0.2) is 0 Å². The van der Waals surface area contributed by atoms with Crippen LogP contribution in [-0.2, 0) is 11.3 Å². The average molecular weight is 374 g/mol. The molecule has 3 atom stereocenters. The van der Waals surface area contributed by atoms with E-state index < -0.39 is 0 Å². The predicted molar refractivity (Wildman–Crippen MR) is 109 cm³/mol. The van der Waals surface area contributed by atoms with Crippen LogP contribution in [-0.4, -0.2) is 36.5 Å². The Labute approximate surface area is 163 Å². The molecular formula is C22H35N3O2. The second kappa shape index (κ2) is 10.3. The van der Waals surface area contributed by atoms with Crippen LogP contribution in [0.25, 0.3) is 0 Å². The van der Waals surface area contributed by atoms with Crippen molar-refractivity contribution in [2.24, 2.45) is 17.8 Å². The van der Waals surface area contributed by atoms with Gasteiger partial charge >= 0.3 is 6.03 Å². The molecule has 1 saturated carbocycles. The number of carbonyl (C=O) groups excluding carboxylic acids is 2. The zero-order valence-corrected chi connectivity index (χ0v) is 17.2. The standard InChI is InChI=1S/C22H35N3O2/c1-16(2)19-11-10-17(3)14-20(19)24-21(26)12-13-23-22(27)25(4)15-18-8-6-5-7-9-18/h5-9,16-17,19-20H,10-15H2,1-4H3,(H,23,27)(H,24,26). The first kappa shape index (κ1) is 21.3. The topological polar surface area (TPSA) is 61.4 Å². The van der Waals surface area contributed by atoms with E-state index >= 15 is 0 Å². The Hall–Kier alpha value is -2.04. The van der Waals surface area contributed by atoms with Gasteiger partial charge in [-0.25, -0.2) is 4.79 Å². The summed E-state index contributed by atoms with van der Waals surface area (Å²) >= 11 is 0. The summed E-state index contributed by atoms with van der Waals surface area (Å²) in [7, 11) is 1.76. The molecule has 0 radical (unpaired) electrons. The molecule has 3 unspecified atom stereocenters. The fraction of sp³-hybridized carbons (Fsp3) is 0.636. The number of hydrogen-bond donors (Lipinski definition) is 2.